The molecule has 0 radical (unpaired) electrons. The number of ether oxygens (including phenoxy) is 2. The molecule has 0 atom stereocenters. The van der Waals surface area contributed by atoms with Gasteiger partial charge < -0.3 is 14.8 Å². The van der Waals surface area contributed by atoms with Crippen LogP contribution in [-0.2, 0) is 6.54 Å². The van der Waals surface area contributed by atoms with Crippen molar-refractivity contribution in [1.29, 1.82) is 0 Å². The molecule has 0 aliphatic rings. The van der Waals surface area contributed by atoms with Crippen molar-refractivity contribution in [3.05, 3.63) is 68.0 Å². The van der Waals surface area contributed by atoms with E-state index < -0.39 is 0 Å². The lowest BCUT2D eigenvalue weighted by atomic mass is 10.1. The Morgan fingerprint density at radius 3 is 2.62 bits per heavy atom. The van der Waals surface area contributed by atoms with Gasteiger partial charge in [-0.1, -0.05) is 6.07 Å². The summed E-state index contributed by atoms with van der Waals surface area (Å²) in [6, 6.07) is 10.6. The molecule has 0 saturated carbocycles. The van der Waals surface area contributed by atoms with Gasteiger partial charge in [0.1, 0.15) is 0 Å². The summed E-state index contributed by atoms with van der Waals surface area (Å²) in [7, 11) is 3.02. The number of benzene rings is 1. The summed E-state index contributed by atoms with van der Waals surface area (Å²) in [5, 5.41) is 6.57. The van der Waals surface area contributed by atoms with E-state index in [1.807, 2.05) is 22.9 Å². The molecular weight excluding hydrogens is 370 g/mol. The highest BCUT2D eigenvalue weighted by atomic mass is 32.1. The number of carbonyl (C=O) groups excluding carboxylic acids is 2. The third-order valence-electron chi connectivity index (χ3n) is 3.74. The quantitative estimate of drug-likeness (QED) is 0.623. The van der Waals surface area contributed by atoms with Gasteiger partial charge in [0.05, 0.1) is 31.2 Å². The monoisotopic (exact) mass is 387 g/mol. The molecule has 134 valence electrons. The largest absolute Gasteiger partial charge is 0.493 e. The predicted molar refractivity (Wildman–Crippen MR) is 103 cm³/mol. The third-order valence-corrected chi connectivity index (χ3v) is 5.51. The first-order chi connectivity index (χ1) is 12.6. The van der Waals surface area contributed by atoms with Crippen LogP contribution in [0.25, 0.3) is 0 Å². The Morgan fingerprint density at radius 1 is 1.08 bits per heavy atom. The van der Waals surface area contributed by atoms with E-state index in [4.69, 9.17) is 9.47 Å². The third kappa shape index (κ3) is 3.79. The van der Waals surface area contributed by atoms with Gasteiger partial charge in [-0.3, -0.25) is 9.59 Å². The minimum Gasteiger partial charge on any atom is -0.493 e. The zero-order chi connectivity index (χ0) is 18.5. The van der Waals surface area contributed by atoms with E-state index in [-0.39, 0.29) is 11.7 Å². The lowest BCUT2D eigenvalue weighted by molar-refractivity contribution is 0.0947. The zero-order valence-corrected chi connectivity index (χ0v) is 15.9. The van der Waals surface area contributed by atoms with Crippen LogP contribution in [0, 0.1) is 0 Å². The number of para-hydroxylation sites is 1. The van der Waals surface area contributed by atoms with Gasteiger partial charge in [-0.15, -0.1) is 11.3 Å². The van der Waals surface area contributed by atoms with Crippen molar-refractivity contribution < 1.29 is 19.1 Å². The Labute approximate surface area is 159 Å². The molecule has 0 saturated heterocycles. The molecule has 1 N–H and O–H groups in total. The molecule has 26 heavy (non-hydrogen) atoms. The highest BCUT2D eigenvalue weighted by Gasteiger charge is 2.17. The Morgan fingerprint density at radius 2 is 1.92 bits per heavy atom. The first-order valence-corrected chi connectivity index (χ1v) is 9.54. The number of amides is 1. The molecule has 5 nitrogen and oxygen atoms in total. The number of nitrogens with one attached hydrogen (secondary N) is 1. The SMILES string of the molecule is COc1cccc(C(=O)NCc2ccc(C(=O)c3ccsc3)s2)c1OC. The van der Waals surface area contributed by atoms with E-state index in [9.17, 15) is 9.59 Å². The van der Waals surface area contributed by atoms with Gasteiger partial charge in [-0.05, 0) is 35.7 Å². The maximum absolute atomic E-state index is 12.5. The molecule has 1 amide bonds. The molecule has 0 aliphatic carbocycles. The van der Waals surface area contributed by atoms with E-state index in [2.05, 4.69) is 5.32 Å². The summed E-state index contributed by atoms with van der Waals surface area (Å²) in [5.74, 6) is 0.634. The number of ketones is 1. The molecule has 0 fully saturated rings. The molecule has 2 aromatic heterocycles. The molecule has 1 aromatic carbocycles. The van der Waals surface area contributed by atoms with E-state index in [0.717, 1.165) is 4.88 Å². The highest BCUT2D eigenvalue weighted by molar-refractivity contribution is 7.14. The Hall–Kier alpha value is -2.64. The maximum Gasteiger partial charge on any atom is 0.255 e. The number of carbonyl (C=O) groups is 2. The second-order valence-electron chi connectivity index (χ2n) is 5.33. The first-order valence-electron chi connectivity index (χ1n) is 7.79. The topological polar surface area (TPSA) is 64.6 Å². The maximum atomic E-state index is 12.5. The van der Waals surface area contributed by atoms with Gasteiger partial charge in [0, 0.05) is 15.8 Å². The Kier molecular flexibility index (Phi) is 5.70. The van der Waals surface area contributed by atoms with Gasteiger partial charge >= 0.3 is 0 Å². The van der Waals surface area contributed by atoms with Gasteiger partial charge in [0.25, 0.3) is 5.91 Å². The van der Waals surface area contributed by atoms with Crippen LogP contribution in [0.15, 0.2) is 47.2 Å². The highest BCUT2D eigenvalue weighted by Crippen LogP contribution is 2.30. The fourth-order valence-corrected chi connectivity index (χ4v) is 4.00. The predicted octanol–water partition coefficient (Wildman–Crippen LogP) is 3.99. The lowest BCUT2D eigenvalue weighted by Gasteiger charge is -2.12. The van der Waals surface area contributed by atoms with E-state index >= 15 is 0 Å². The average molecular weight is 387 g/mol. The van der Waals surface area contributed by atoms with Crippen LogP contribution in [0.5, 0.6) is 11.5 Å². The lowest BCUT2D eigenvalue weighted by Crippen LogP contribution is -2.23. The van der Waals surface area contributed by atoms with Crippen LogP contribution in [-0.4, -0.2) is 25.9 Å². The van der Waals surface area contributed by atoms with Crippen molar-refractivity contribution in [2.45, 2.75) is 6.54 Å². The van der Waals surface area contributed by atoms with Crippen molar-refractivity contribution in [1.82, 2.24) is 5.32 Å². The van der Waals surface area contributed by atoms with E-state index in [0.29, 0.717) is 34.0 Å². The van der Waals surface area contributed by atoms with Crippen molar-refractivity contribution in [3.63, 3.8) is 0 Å². The molecule has 3 aromatic rings. The number of methoxy groups -OCH3 is 2. The van der Waals surface area contributed by atoms with Crippen LogP contribution >= 0.6 is 22.7 Å². The summed E-state index contributed by atoms with van der Waals surface area (Å²) in [6.07, 6.45) is 0. The van der Waals surface area contributed by atoms with E-state index in [1.165, 1.54) is 36.9 Å². The van der Waals surface area contributed by atoms with Crippen LogP contribution in [0.4, 0.5) is 0 Å². The number of hydrogen-bond acceptors (Lipinski definition) is 6. The molecule has 3 rings (SSSR count). The summed E-state index contributed by atoms with van der Waals surface area (Å²) in [6.45, 7) is 0.334. The van der Waals surface area contributed by atoms with Crippen molar-refractivity contribution in [2.24, 2.45) is 0 Å². The smallest absolute Gasteiger partial charge is 0.255 e. The first kappa shape index (κ1) is 18.2. The van der Waals surface area contributed by atoms with Crippen LogP contribution in [0.3, 0.4) is 0 Å². The van der Waals surface area contributed by atoms with Crippen LogP contribution in [0.1, 0.15) is 30.5 Å². The normalized spacial score (nSPS) is 10.4. The van der Waals surface area contributed by atoms with Gasteiger partial charge in [0.2, 0.25) is 5.78 Å². The van der Waals surface area contributed by atoms with E-state index in [1.54, 1.807) is 24.3 Å². The number of rotatable bonds is 7. The Balaban J connectivity index is 1.68. The summed E-state index contributed by atoms with van der Waals surface area (Å²) < 4.78 is 10.5. The Bertz CT molecular complexity index is 916. The number of hydrogen-bond donors (Lipinski definition) is 1. The fraction of sp³-hybridized carbons (Fsp3) is 0.158. The molecular formula is C19H17NO4S2. The van der Waals surface area contributed by atoms with Crippen molar-refractivity contribution in [3.8, 4) is 11.5 Å². The average Bonchev–Trinajstić information content (AvgIpc) is 3.36. The molecule has 7 heteroatoms. The number of thiophene rings is 2. The van der Waals surface area contributed by atoms with Gasteiger partial charge in [-0.25, -0.2) is 0 Å². The van der Waals surface area contributed by atoms with Gasteiger partial charge in [-0.2, -0.15) is 11.3 Å². The van der Waals surface area contributed by atoms with Crippen molar-refractivity contribution in [2.75, 3.05) is 14.2 Å². The molecule has 0 unspecified atom stereocenters. The summed E-state index contributed by atoms with van der Waals surface area (Å²) in [5.41, 5.74) is 1.09. The summed E-state index contributed by atoms with van der Waals surface area (Å²) >= 11 is 2.87. The molecule has 0 bridgehead atoms. The van der Waals surface area contributed by atoms with Crippen LogP contribution in [0.2, 0.25) is 0 Å². The molecule has 0 aliphatic heterocycles. The minimum absolute atomic E-state index is 0.00305. The standard InChI is InChI=1S/C19H17NO4S2/c1-23-15-5-3-4-14(18(15)24-2)19(22)20-10-13-6-7-16(26-13)17(21)12-8-9-25-11-12/h3-9,11H,10H2,1-2H3,(H,20,22). The zero-order valence-electron chi connectivity index (χ0n) is 14.3. The minimum atomic E-state index is -0.264. The molecule has 0 spiro atoms. The second kappa shape index (κ2) is 8.16. The fourth-order valence-electron chi connectivity index (χ4n) is 2.46. The van der Waals surface area contributed by atoms with Crippen LogP contribution < -0.4 is 14.8 Å². The van der Waals surface area contributed by atoms with Gasteiger partial charge in [0.15, 0.2) is 11.5 Å². The summed E-state index contributed by atoms with van der Waals surface area (Å²) in [4.78, 5) is 26.4. The molecule has 2 heterocycles. The second-order valence-corrected chi connectivity index (χ2v) is 7.28. The van der Waals surface area contributed by atoms with Crippen molar-refractivity contribution >= 4 is 34.4 Å².